The maximum Gasteiger partial charge on any atom is 0.272 e. The standard InChI is InChI=1S/C22H17FN2O2/c23-19-14-8-7-11-17(19)15-20(22(27)24-18-12-5-2-6-13-18)25-21(26)16-9-3-1-4-10-16/h1-15H,(H,24,27)(H,25,26). The SMILES string of the molecule is O=C(Nc1ccccc1)C(=Cc1ccccc1F)NC(=O)c1ccccc1. The van der Waals surface area contributed by atoms with Crippen LogP contribution in [0.5, 0.6) is 0 Å². The summed E-state index contributed by atoms with van der Waals surface area (Å²) in [6, 6.07) is 23.3. The van der Waals surface area contributed by atoms with Crippen molar-refractivity contribution in [1.82, 2.24) is 5.32 Å². The molecule has 3 rings (SSSR count). The van der Waals surface area contributed by atoms with Gasteiger partial charge in [-0.3, -0.25) is 9.59 Å². The summed E-state index contributed by atoms with van der Waals surface area (Å²) in [6.07, 6.45) is 1.31. The Morgan fingerprint density at radius 2 is 1.37 bits per heavy atom. The zero-order valence-electron chi connectivity index (χ0n) is 14.4. The van der Waals surface area contributed by atoms with Gasteiger partial charge in [-0.1, -0.05) is 54.6 Å². The van der Waals surface area contributed by atoms with E-state index in [1.54, 1.807) is 66.7 Å². The van der Waals surface area contributed by atoms with Crippen LogP contribution in [-0.4, -0.2) is 11.8 Å². The van der Waals surface area contributed by atoms with E-state index < -0.39 is 17.6 Å². The molecule has 0 radical (unpaired) electrons. The third-order valence-electron chi connectivity index (χ3n) is 3.77. The van der Waals surface area contributed by atoms with Gasteiger partial charge in [0.05, 0.1) is 0 Å². The first-order valence-electron chi connectivity index (χ1n) is 8.32. The van der Waals surface area contributed by atoms with E-state index in [2.05, 4.69) is 10.6 Å². The zero-order chi connectivity index (χ0) is 19.1. The lowest BCUT2D eigenvalue weighted by Gasteiger charge is -2.11. The first-order valence-corrected chi connectivity index (χ1v) is 8.32. The largest absolute Gasteiger partial charge is 0.321 e. The molecule has 0 bridgehead atoms. The molecule has 0 heterocycles. The number of rotatable bonds is 5. The Bertz CT molecular complexity index is 970. The molecule has 0 aliphatic heterocycles. The predicted molar refractivity (Wildman–Crippen MR) is 103 cm³/mol. The second-order valence-electron chi connectivity index (χ2n) is 5.72. The fourth-order valence-electron chi connectivity index (χ4n) is 2.41. The smallest absolute Gasteiger partial charge is 0.272 e. The van der Waals surface area contributed by atoms with Crippen LogP contribution in [0.1, 0.15) is 15.9 Å². The normalized spacial score (nSPS) is 10.9. The Morgan fingerprint density at radius 3 is 2.04 bits per heavy atom. The lowest BCUT2D eigenvalue weighted by Crippen LogP contribution is -2.30. The summed E-state index contributed by atoms with van der Waals surface area (Å²) in [4.78, 5) is 25.1. The predicted octanol–water partition coefficient (Wildman–Crippen LogP) is 4.24. The third kappa shape index (κ3) is 4.89. The topological polar surface area (TPSA) is 58.2 Å². The number of amides is 2. The number of carbonyl (C=O) groups excluding carboxylic acids is 2. The highest BCUT2D eigenvalue weighted by molar-refractivity contribution is 6.10. The number of carbonyl (C=O) groups is 2. The van der Waals surface area contributed by atoms with Gasteiger partial charge in [0.2, 0.25) is 0 Å². The van der Waals surface area contributed by atoms with Crippen molar-refractivity contribution in [3.8, 4) is 0 Å². The summed E-state index contributed by atoms with van der Waals surface area (Å²) in [5.41, 5.74) is 1.10. The van der Waals surface area contributed by atoms with E-state index >= 15 is 0 Å². The first-order chi connectivity index (χ1) is 13.1. The van der Waals surface area contributed by atoms with Crippen molar-refractivity contribution < 1.29 is 14.0 Å². The fourth-order valence-corrected chi connectivity index (χ4v) is 2.41. The molecule has 134 valence electrons. The highest BCUT2D eigenvalue weighted by Crippen LogP contribution is 2.13. The van der Waals surface area contributed by atoms with Gasteiger partial charge in [-0.05, 0) is 36.4 Å². The maximum atomic E-state index is 14.0. The van der Waals surface area contributed by atoms with Crippen molar-refractivity contribution >= 4 is 23.6 Å². The van der Waals surface area contributed by atoms with Gasteiger partial charge >= 0.3 is 0 Å². The second kappa shape index (κ2) is 8.58. The monoisotopic (exact) mass is 360 g/mol. The summed E-state index contributed by atoms with van der Waals surface area (Å²) in [5.74, 6) is -1.49. The Kier molecular flexibility index (Phi) is 5.74. The summed E-state index contributed by atoms with van der Waals surface area (Å²) in [7, 11) is 0. The van der Waals surface area contributed by atoms with E-state index in [0.717, 1.165) is 0 Å². The zero-order valence-corrected chi connectivity index (χ0v) is 14.4. The highest BCUT2D eigenvalue weighted by Gasteiger charge is 2.15. The third-order valence-corrected chi connectivity index (χ3v) is 3.77. The molecule has 3 aromatic rings. The van der Waals surface area contributed by atoms with E-state index in [9.17, 15) is 14.0 Å². The van der Waals surface area contributed by atoms with Crippen LogP contribution in [0.4, 0.5) is 10.1 Å². The molecule has 0 spiro atoms. The fraction of sp³-hybridized carbons (Fsp3) is 0. The molecule has 0 aliphatic carbocycles. The van der Waals surface area contributed by atoms with Gasteiger partial charge < -0.3 is 10.6 Å². The highest BCUT2D eigenvalue weighted by atomic mass is 19.1. The number of para-hydroxylation sites is 1. The number of anilines is 1. The molecule has 0 aromatic heterocycles. The van der Waals surface area contributed by atoms with Crippen LogP contribution < -0.4 is 10.6 Å². The number of benzene rings is 3. The van der Waals surface area contributed by atoms with Gasteiger partial charge in [0.15, 0.2) is 0 Å². The lowest BCUT2D eigenvalue weighted by molar-refractivity contribution is -0.113. The molecule has 2 amide bonds. The molecule has 2 N–H and O–H groups in total. The van der Waals surface area contributed by atoms with E-state index in [0.29, 0.717) is 11.3 Å². The van der Waals surface area contributed by atoms with Gasteiger partial charge in [0.25, 0.3) is 11.8 Å². The van der Waals surface area contributed by atoms with E-state index in [-0.39, 0.29) is 11.3 Å². The van der Waals surface area contributed by atoms with Crippen LogP contribution >= 0.6 is 0 Å². The van der Waals surface area contributed by atoms with Crippen molar-refractivity contribution in [3.05, 3.63) is 108 Å². The second-order valence-corrected chi connectivity index (χ2v) is 5.72. The van der Waals surface area contributed by atoms with Gasteiger partial charge in [0.1, 0.15) is 11.5 Å². The van der Waals surface area contributed by atoms with E-state index in [4.69, 9.17) is 0 Å². The van der Waals surface area contributed by atoms with Crippen LogP contribution in [0, 0.1) is 5.82 Å². The Hall–Kier alpha value is -3.73. The number of hydrogen-bond donors (Lipinski definition) is 2. The minimum atomic E-state index is -0.547. The van der Waals surface area contributed by atoms with Gasteiger partial charge in [0, 0.05) is 16.8 Å². The first kappa shape index (κ1) is 18.1. The number of nitrogens with one attached hydrogen (secondary N) is 2. The van der Waals surface area contributed by atoms with Gasteiger partial charge in [-0.25, -0.2) is 4.39 Å². The van der Waals surface area contributed by atoms with Crippen molar-refractivity contribution in [3.63, 3.8) is 0 Å². The molecule has 0 fully saturated rings. The van der Waals surface area contributed by atoms with Crippen molar-refractivity contribution in [1.29, 1.82) is 0 Å². The van der Waals surface area contributed by atoms with E-state index in [1.807, 2.05) is 6.07 Å². The molecule has 0 saturated carbocycles. The minimum Gasteiger partial charge on any atom is -0.321 e. The Balaban J connectivity index is 1.90. The summed E-state index contributed by atoms with van der Waals surface area (Å²) in [6.45, 7) is 0. The maximum absolute atomic E-state index is 14.0. The molecule has 0 saturated heterocycles. The van der Waals surface area contributed by atoms with Crippen LogP contribution in [0.2, 0.25) is 0 Å². The van der Waals surface area contributed by atoms with Crippen LogP contribution in [0.25, 0.3) is 6.08 Å². The average molecular weight is 360 g/mol. The molecule has 0 atom stereocenters. The van der Waals surface area contributed by atoms with Gasteiger partial charge in [-0.15, -0.1) is 0 Å². The minimum absolute atomic E-state index is 0.0576. The molecule has 27 heavy (non-hydrogen) atoms. The van der Waals surface area contributed by atoms with Crippen LogP contribution in [0.15, 0.2) is 90.6 Å². The number of halogens is 1. The van der Waals surface area contributed by atoms with Crippen molar-refractivity contribution in [2.45, 2.75) is 0 Å². The molecule has 0 aliphatic rings. The van der Waals surface area contributed by atoms with Crippen LogP contribution in [0.3, 0.4) is 0 Å². The summed E-state index contributed by atoms with van der Waals surface area (Å²) in [5, 5.41) is 5.27. The van der Waals surface area contributed by atoms with Gasteiger partial charge in [-0.2, -0.15) is 0 Å². The molecule has 4 nitrogen and oxygen atoms in total. The molecular formula is C22H17FN2O2. The lowest BCUT2D eigenvalue weighted by atomic mass is 10.1. The molecule has 5 heteroatoms. The molecular weight excluding hydrogens is 343 g/mol. The Labute approximate surface area is 156 Å². The van der Waals surface area contributed by atoms with Crippen molar-refractivity contribution in [2.24, 2.45) is 0 Å². The van der Waals surface area contributed by atoms with E-state index in [1.165, 1.54) is 18.2 Å². The number of hydrogen-bond acceptors (Lipinski definition) is 2. The van der Waals surface area contributed by atoms with Crippen LogP contribution in [-0.2, 0) is 4.79 Å². The summed E-state index contributed by atoms with van der Waals surface area (Å²) < 4.78 is 14.0. The van der Waals surface area contributed by atoms with Crippen molar-refractivity contribution in [2.75, 3.05) is 5.32 Å². The Morgan fingerprint density at radius 1 is 0.778 bits per heavy atom. The molecule has 3 aromatic carbocycles. The average Bonchev–Trinajstić information content (AvgIpc) is 2.70. The molecule has 0 unspecified atom stereocenters. The quantitative estimate of drug-likeness (QED) is 0.669. The summed E-state index contributed by atoms with van der Waals surface area (Å²) >= 11 is 0.